The molecule has 8 nitrogen and oxygen atoms in total. The monoisotopic (exact) mass is 460 g/mol. The van der Waals surface area contributed by atoms with E-state index >= 15 is 0 Å². The van der Waals surface area contributed by atoms with Gasteiger partial charge in [0, 0.05) is 26.7 Å². The molecule has 8 heteroatoms. The van der Waals surface area contributed by atoms with Crippen molar-refractivity contribution < 1.29 is 24.1 Å². The molecule has 2 aliphatic heterocycles. The van der Waals surface area contributed by atoms with Crippen molar-refractivity contribution in [1.82, 2.24) is 5.32 Å². The molecule has 32 heavy (non-hydrogen) atoms. The van der Waals surface area contributed by atoms with Crippen LogP contribution in [0.4, 0.5) is 0 Å². The lowest BCUT2D eigenvalue weighted by Gasteiger charge is -2.32. The highest BCUT2D eigenvalue weighted by Gasteiger charge is 2.67. The summed E-state index contributed by atoms with van der Waals surface area (Å²) in [5.74, 6) is 0.638. The van der Waals surface area contributed by atoms with Crippen LogP contribution >= 0.6 is 0 Å². The third-order valence-corrected chi connectivity index (χ3v) is 5.36. The molecular weight excluding hydrogens is 412 g/mol. The Kier molecular flexibility index (Phi) is 19.6. The molecule has 2 heterocycles. The molecular formula is C24H48N2O6. The second-order valence-electron chi connectivity index (χ2n) is 8.64. The summed E-state index contributed by atoms with van der Waals surface area (Å²) in [5, 5.41) is 12.3. The number of ether oxygens (including phenoxy) is 3. The third-order valence-electron chi connectivity index (χ3n) is 5.36. The van der Waals surface area contributed by atoms with E-state index in [1.165, 1.54) is 37.7 Å². The van der Waals surface area contributed by atoms with Gasteiger partial charge in [-0.05, 0) is 47.1 Å². The predicted octanol–water partition coefficient (Wildman–Crippen LogP) is 4.81. The zero-order valence-corrected chi connectivity index (χ0v) is 21.6. The van der Waals surface area contributed by atoms with E-state index in [2.05, 4.69) is 55.9 Å². The minimum Gasteiger partial charge on any atom is -0.483 e. The molecule has 1 saturated carbocycles. The molecule has 0 aromatic carbocycles. The van der Waals surface area contributed by atoms with Gasteiger partial charge in [-0.2, -0.15) is 4.91 Å². The van der Waals surface area contributed by atoms with Crippen molar-refractivity contribution in [3.05, 3.63) is 16.6 Å². The fourth-order valence-electron chi connectivity index (χ4n) is 3.82. The molecule has 0 bridgehead atoms. The highest BCUT2D eigenvalue weighted by molar-refractivity contribution is 5.32. The highest BCUT2D eigenvalue weighted by Crippen LogP contribution is 2.58. The van der Waals surface area contributed by atoms with Crippen LogP contribution in [-0.4, -0.2) is 69.8 Å². The van der Waals surface area contributed by atoms with Crippen molar-refractivity contribution in [2.24, 2.45) is 11.1 Å². The first-order valence-corrected chi connectivity index (χ1v) is 11.6. The smallest absolute Gasteiger partial charge is 0.290 e. The van der Waals surface area contributed by atoms with E-state index in [1.54, 1.807) is 21.3 Å². The van der Waals surface area contributed by atoms with E-state index < -0.39 is 0 Å². The minimum atomic E-state index is -0.250. The summed E-state index contributed by atoms with van der Waals surface area (Å²) in [4.78, 5) is 17.6. The van der Waals surface area contributed by atoms with Gasteiger partial charge in [0.25, 0.3) is 6.47 Å². The van der Waals surface area contributed by atoms with Crippen LogP contribution in [0.1, 0.15) is 73.1 Å². The van der Waals surface area contributed by atoms with Crippen molar-refractivity contribution in [2.75, 3.05) is 41.0 Å². The molecule has 1 aliphatic carbocycles. The Balaban J connectivity index is 0. The molecule has 0 aromatic rings. The number of nitrogens with zero attached hydrogens (tertiary/aromatic N) is 1. The Morgan fingerprint density at radius 1 is 1.28 bits per heavy atom. The molecule has 1 spiro atoms. The van der Waals surface area contributed by atoms with Gasteiger partial charge in [-0.15, -0.1) is 0 Å². The Labute approximate surface area is 195 Å². The Morgan fingerprint density at radius 3 is 2.19 bits per heavy atom. The first-order chi connectivity index (χ1) is 15.2. The minimum absolute atomic E-state index is 0.100. The second kappa shape index (κ2) is 19.1. The van der Waals surface area contributed by atoms with Gasteiger partial charge in [-0.25, -0.2) is 0 Å². The molecule has 190 valence electrons. The van der Waals surface area contributed by atoms with Gasteiger partial charge in [-0.3, -0.25) is 4.79 Å². The average molecular weight is 461 g/mol. The molecule has 0 amide bonds. The molecule has 0 aromatic heterocycles. The van der Waals surface area contributed by atoms with Gasteiger partial charge < -0.3 is 24.6 Å². The predicted molar refractivity (Wildman–Crippen MR) is 130 cm³/mol. The average Bonchev–Trinajstić information content (AvgIpc) is 3.65. The number of hydrogen-bond donors (Lipinski definition) is 2. The summed E-state index contributed by atoms with van der Waals surface area (Å²) in [6.45, 7) is 12.7. The topological polar surface area (TPSA) is 113 Å². The van der Waals surface area contributed by atoms with Gasteiger partial charge >= 0.3 is 0 Å². The van der Waals surface area contributed by atoms with E-state index in [9.17, 15) is 4.91 Å². The Morgan fingerprint density at radius 2 is 1.81 bits per heavy atom. The lowest BCUT2D eigenvalue weighted by Crippen LogP contribution is -2.39. The lowest BCUT2D eigenvalue weighted by molar-refractivity contribution is -0.122. The molecule has 4 atom stereocenters. The third kappa shape index (κ3) is 13.3. The Hall–Kier alpha value is -1.35. The number of carboxylic acid groups (broad SMARTS) is 1. The van der Waals surface area contributed by atoms with Crippen LogP contribution in [0.5, 0.6) is 0 Å². The van der Waals surface area contributed by atoms with Crippen LogP contribution in [0.15, 0.2) is 16.8 Å². The number of epoxide rings is 2. The van der Waals surface area contributed by atoms with Gasteiger partial charge in [0.05, 0.1) is 30.5 Å². The zero-order valence-electron chi connectivity index (χ0n) is 21.6. The van der Waals surface area contributed by atoms with E-state index in [4.69, 9.17) is 19.4 Å². The lowest BCUT2D eigenvalue weighted by atomic mass is 9.71. The standard InChI is InChI=1S/C15H24O2.C3H8N2O.C3H8.C2H6O.CH2O2/c1-11(2)7-8-13-14(3,17-13)12-6-4-5-9-15(12)10-16-15;1-4-2-3-5-6;2*1-3-2;2-1-3/h7,12-13H,4-6,8-10H2,1-3H3;4H,2-3H2,1H3;3H2,1-2H3;1-2H3;1H,(H,2,3). The fourth-order valence-corrected chi connectivity index (χ4v) is 3.82. The second-order valence-corrected chi connectivity index (χ2v) is 8.64. The zero-order chi connectivity index (χ0) is 25.0. The normalized spacial score (nSPS) is 28.5. The van der Waals surface area contributed by atoms with Crippen molar-refractivity contribution in [2.45, 2.75) is 90.4 Å². The maximum atomic E-state index is 9.27. The number of methoxy groups -OCH3 is 1. The van der Waals surface area contributed by atoms with Gasteiger partial charge in [0.15, 0.2) is 0 Å². The summed E-state index contributed by atoms with van der Waals surface area (Å²) in [6, 6.07) is 0. The fraction of sp³-hybridized carbons (Fsp3) is 0.875. The number of carbonyl (C=O) groups is 1. The summed E-state index contributed by atoms with van der Waals surface area (Å²) in [6.07, 6.45) is 10.3. The summed E-state index contributed by atoms with van der Waals surface area (Å²) < 4.78 is 16.1. The number of rotatable bonds is 6. The van der Waals surface area contributed by atoms with E-state index in [-0.39, 0.29) is 17.7 Å². The number of hydrogen-bond acceptors (Lipinski definition) is 7. The maximum absolute atomic E-state index is 9.27. The van der Waals surface area contributed by atoms with E-state index in [0.717, 1.165) is 13.0 Å². The first kappa shape index (κ1) is 32.8. The van der Waals surface area contributed by atoms with Crippen LogP contribution in [0.2, 0.25) is 0 Å². The quantitative estimate of drug-likeness (QED) is 0.192. The number of allylic oxidation sites excluding steroid dienone is 1. The summed E-state index contributed by atoms with van der Waals surface area (Å²) in [7, 11) is 5.03. The highest BCUT2D eigenvalue weighted by atomic mass is 16.6. The maximum Gasteiger partial charge on any atom is 0.290 e. The number of nitroso groups, excluding NO2 is 1. The van der Waals surface area contributed by atoms with Crippen LogP contribution < -0.4 is 5.32 Å². The van der Waals surface area contributed by atoms with Gasteiger partial charge in [-0.1, -0.05) is 49.9 Å². The van der Waals surface area contributed by atoms with Crippen LogP contribution in [0.3, 0.4) is 0 Å². The molecule has 3 rings (SSSR count). The molecule has 0 radical (unpaired) electrons. The largest absolute Gasteiger partial charge is 0.483 e. The van der Waals surface area contributed by atoms with Gasteiger partial charge in [0.2, 0.25) is 0 Å². The van der Waals surface area contributed by atoms with E-state index in [0.29, 0.717) is 25.1 Å². The van der Waals surface area contributed by atoms with Crippen molar-refractivity contribution in [3.8, 4) is 0 Å². The summed E-state index contributed by atoms with van der Waals surface area (Å²) in [5.41, 5.74) is 1.71. The molecule has 3 fully saturated rings. The van der Waals surface area contributed by atoms with Crippen molar-refractivity contribution in [1.29, 1.82) is 0 Å². The Bertz CT molecular complexity index is 505. The van der Waals surface area contributed by atoms with Crippen LogP contribution in [0, 0.1) is 10.8 Å². The summed E-state index contributed by atoms with van der Waals surface area (Å²) >= 11 is 0. The number of likely N-dealkylation sites (N-methyl/N-ethyl adjacent to an activating group) is 1. The van der Waals surface area contributed by atoms with Crippen molar-refractivity contribution >= 4 is 6.47 Å². The number of nitrogens with one attached hydrogen (secondary N) is 1. The molecule has 4 unspecified atom stereocenters. The van der Waals surface area contributed by atoms with E-state index in [1.807, 2.05) is 0 Å². The first-order valence-electron chi connectivity index (χ1n) is 11.6. The molecule has 3 aliphatic rings. The molecule has 2 saturated heterocycles. The van der Waals surface area contributed by atoms with Crippen LogP contribution in [-0.2, 0) is 19.0 Å². The van der Waals surface area contributed by atoms with Crippen LogP contribution in [0.25, 0.3) is 0 Å². The van der Waals surface area contributed by atoms with Gasteiger partial charge in [0.1, 0.15) is 0 Å². The SMILES string of the molecule is CC(C)=CCC1OC1(C)C1CCCCC12CO2.CCC.CNCCN=O.COC.O=CO. The van der Waals surface area contributed by atoms with Crippen molar-refractivity contribution in [3.63, 3.8) is 0 Å². The molecule has 2 N–H and O–H groups in total.